The average Bonchev–Trinajstić information content (AvgIpc) is 3.15. The molecule has 110 valence electrons. The lowest BCUT2D eigenvalue weighted by Gasteiger charge is -2.38. The largest absolute Gasteiger partial charge is 0.377 e. The average molecular weight is 299 g/mol. The molecular formula is C16H11F2N3O. The van der Waals surface area contributed by atoms with Gasteiger partial charge < -0.3 is 5.11 Å². The van der Waals surface area contributed by atoms with Gasteiger partial charge in [-0.2, -0.15) is 5.10 Å². The number of hydrogen-bond donors (Lipinski definition) is 1. The van der Waals surface area contributed by atoms with Crippen LogP contribution in [0.4, 0.5) is 8.78 Å². The summed E-state index contributed by atoms with van der Waals surface area (Å²) in [5, 5.41) is 15.4. The van der Waals surface area contributed by atoms with E-state index in [9.17, 15) is 13.9 Å². The Hall–Kier alpha value is -2.60. The third-order valence-corrected chi connectivity index (χ3v) is 4.01. The van der Waals surface area contributed by atoms with Crippen LogP contribution in [0.2, 0.25) is 0 Å². The van der Waals surface area contributed by atoms with Crippen LogP contribution in [0.1, 0.15) is 23.0 Å². The molecule has 3 heterocycles. The Bertz CT molecular complexity index is 824. The molecule has 2 bridgehead atoms. The van der Waals surface area contributed by atoms with Gasteiger partial charge in [0.15, 0.2) is 23.5 Å². The van der Waals surface area contributed by atoms with Crippen LogP contribution in [-0.4, -0.2) is 19.9 Å². The molecule has 4 nitrogen and oxygen atoms in total. The van der Waals surface area contributed by atoms with Gasteiger partial charge in [-0.05, 0) is 11.6 Å². The van der Waals surface area contributed by atoms with E-state index in [-0.39, 0.29) is 5.56 Å². The van der Waals surface area contributed by atoms with Crippen molar-refractivity contribution in [3.05, 3.63) is 83.4 Å². The van der Waals surface area contributed by atoms with E-state index in [1.54, 1.807) is 30.3 Å². The summed E-state index contributed by atoms with van der Waals surface area (Å²) in [7, 11) is 0. The summed E-state index contributed by atoms with van der Waals surface area (Å²) >= 11 is 0. The first-order chi connectivity index (χ1) is 10.6. The van der Waals surface area contributed by atoms with Crippen molar-refractivity contribution in [1.82, 2.24) is 14.8 Å². The summed E-state index contributed by atoms with van der Waals surface area (Å²) in [4.78, 5) is 4.04. The van der Waals surface area contributed by atoms with E-state index >= 15 is 0 Å². The van der Waals surface area contributed by atoms with Crippen molar-refractivity contribution in [3.63, 3.8) is 0 Å². The van der Waals surface area contributed by atoms with Gasteiger partial charge in [0.05, 0.1) is 0 Å². The van der Waals surface area contributed by atoms with Crippen LogP contribution in [0.15, 0.2) is 54.9 Å². The summed E-state index contributed by atoms with van der Waals surface area (Å²) in [5.41, 5.74) is -1.46. The predicted octanol–water partition coefficient (Wildman–Crippen LogP) is 2.40. The van der Waals surface area contributed by atoms with Crippen molar-refractivity contribution in [1.29, 1.82) is 0 Å². The van der Waals surface area contributed by atoms with Gasteiger partial charge in [0.2, 0.25) is 0 Å². The normalized spacial score (nSPS) is 18.6. The number of benzene rings is 2. The highest BCUT2D eigenvalue weighted by atomic mass is 19.2. The second-order valence-electron chi connectivity index (χ2n) is 5.22. The van der Waals surface area contributed by atoms with Crippen molar-refractivity contribution in [2.45, 2.75) is 11.6 Å². The fourth-order valence-corrected chi connectivity index (χ4v) is 2.93. The van der Waals surface area contributed by atoms with Crippen LogP contribution in [-0.2, 0) is 5.60 Å². The zero-order valence-electron chi connectivity index (χ0n) is 11.3. The van der Waals surface area contributed by atoms with Gasteiger partial charge in [-0.25, -0.2) is 18.4 Å². The predicted molar refractivity (Wildman–Crippen MR) is 74.0 cm³/mol. The fraction of sp³-hybridized carbons (Fsp3) is 0.125. The molecule has 0 radical (unpaired) electrons. The van der Waals surface area contributed by atoms with Crippen molar-refractivity contribution < 1.29 is 13.9 Å². The number of fused-ring (bicyclic) bond motifs is 1. The maximum absolute atomic E-state index is 14.3. The molecule has 2 aliphatic heterocycles. The summed E-state index contributed by atoms with van der Waals surface area (Å²) in [6.07, 6.45) is 1.46. The molecule has 5 rings (SSSR count). The first-order valence-electron chi connectivity index (χ1n) is 6.76. The van der Waals surface area contributed by atoms with Crippen LogP contribution >= 0.6 is 0 Å². The topological polar surface area (TPSA) is 50.9 Å². The number of aliphatic hydroxyl groups is 1. The second kappa shape index (κ2) is 4.45. The molecule has 0 saturated carbocycles. The molecule has 3 aromatic rings. The quantitative estimate of drug-likeness (QED) is 0.808. The fourth-order valence-electron chi connectivity index (χ4n) is 2.93. The van der Waals surface area contributed by atoms with Crippen molar-refractivity contribution in [3.8, 4) is 0 Å². The van der Waals surface area contributed by atoms with E-state index in [1.807, 2.05) is 0 Å². The molecule has 2 aromatic carbocycles. The van der Waals surface area contributed by atoms with E-state index < -0.39 is 23.3 Å². The van der Waals surface area contributed by atoms with Crippen molar-refractivity contribution in [2.24, 2.45) is 0 Å². The Balaban J connectivity index is 1.96. The lowest BCUT2D eigenvalue weighted by Crippen LogP contribution is -2.43. The molecule has 0 aliphatic carbocycles. The number of rotatable bonds is 3. The SMILES string of the molecule is OC(c1ccccc1)(c1cccc(F)c1F)C1c2ncn1n2. The zero-order valence-corrected chi connectivity index (χ0v) is 11.3. The smallest absolute Gasteiger partial charge is 0.178 e. The van der Waals surface area contributed by atoms with Gasteiger partial charge in [-0.15, -0.1) is 0 Å². The standard InChI is InChI=1S/C16H11F2N3O/c17-12-8-4-7-11(13(12)18)16(22,10-5-2-1-3-6-10)14-15-19-9-21(14)20-15/h1-9,14,22H. The van der Waals surface area contributed by atoms with E-state index in [2.05, 4.69) is 10.1 Å². The van der Waals surface area contributed by atoms with Gasteiger partial charge in [0.25, 0.3) is 0 Å². The third kappa shape index (κ3) is 1.58. The minimum Gasteiger partial charge on any atom is -0.377 e. The van der Waals surface area contributed by atoms with Gasteiger partial charge in [0.1, 0.15) is 11.9 Å². The van der Waals surface area contributed by atoms with E-state index in [0.29, 0.717) is 11.4 Å². The Kier molecular flexibility index (Phi) is 2.65. The van der Waals surface area contributed by atoms with Crippen LogP contribution in [0.5, 0.6) is 0 Å². The summed E-state index contributed by atoms with van der Waals surface area (Å²) in [6.45, 7) is 0. The maximum Gasteiger partial charge on any atom is 0.178 e. The van der Waals surface area contributed by atoms with E-state index in [1.165, 1.54) is 23.1 Å². The molecule has 1 N–H and O–H groups in total. The molecule has 6 heteroatoms. The van der Waals surface area contributed by atoms with E-state index in [0.717, 1.165) is 6.07 Å². The van der Waals surface area contributed by atoms with Crippen LogP contribution in [0.25, 0.3) is 0 Å². The Morgan fingerprint density at radius 1 is 1.05 bits per heavy atom. The lowest BCUT2D eigenvalue weighted by atomic mass is 9.79. The van der Waals surface area contributed by atoms with Crippen LogP contribution in [0, 0.1) is 11.6 Å². The molecule has 1 aromatic heterocycles. The molecule has 2 aliphatic rings. The third-order valence-electron chi connectivity index (χ3n) is 4.01. The molecule has 2 atom stereocenters. The highest BCUT2D eigenvalue weighted by molar-refractivity contribution is 5.41. The van der Waals surface area contributed by atoms with Gasteiger partial charge in [0, 0.05) is 5.56 Å². The highest BCUT2D eigenvalue weighted by Crippen LogP contribution is 2.46. The first-order valence-corrected chi connectivity index (χ1v) is 6.76. The molecule has 22 heavy (non-hydrogen) atoms. The monoisotopic (exact) mass is 299 g/mol. The highest BCUT2D eigenvalue weighted by Gasteiger charge is 2.51. The molecular weight excluding hydrogens is 288 g/mol. The van der Waals surface area contributed by atoms with Crippen LogP contribution < -0.4 is 0 Å². The lowest BCUT2D eigenvalue weighted by molar-refractivity contribution is 0.0152. The number of nitrogens with zero attached hydrogens (tertiary/aromatic N) is 3. The van der Waals surface area contributed by atoms with Crippen molar-refractivity contribution >= 4 is 0 Å². The van der Waals surface area contributed by atoms with E-state index in [4.69, 9.17) is 0 Å². The molecule has 0 amide bonds. The number of halogens is 2. The van der Waals surface area contributed by atoms with Gasteiger partial charge >= 0.3 is 0 Å². The minimum atomic E-state index is -1.78. The van der Waals surface area contributed by atoms with Gasteiger partial charge in [-0.1, -0.05) is 42.5 Å². The minimum absolute atomic E-state index is 0.133. The zero-order chi connectivity index (χ0) is 15.3. The second-order valence-corrected chi connectivity index (χ2v) is 5.22. The Labute approximate surface area is 124 Å². The summed E-state index contributed by atoms with van der Waals surface area (Å²) in [5.74, 6) is -1.67. The maximum atomic E-state index is 14.3. The molecule has 0 saturated heterocycles. The Morgan fingerprint density at radius 2 is 1.82 bits per heavy atom. The number of hydrogen-bond acceptors (Lipinski definition) is 3. The van der Waals surface area contributed by atoms with Crippen molar-refractivity contribution in [2.75, 3.05) is 0 Å². The molecule has 0 fully saturated rings. The first kappa shape index (κ1) is 13.1. The molecule has 0 spiro atoms. The summed E-state index contributed by atoms with van der Waals surface area (Å²) in [6, 6.07) is 11.7. The molecule has 2 unspecified atom stereocenters. The number of aromatic nitrogens is 3. The van der Waals surface area contributed by atoms with Gasteiger partial charge in [-0.3, -0.25) is 0 Å². The Morgan fingerprint density at radius 3 is 2.45 bits per heavy atom. The van der Waals surface area contributed by atoms with Crippen LogP contribution in [0.3, 0.4) is 0 Å². The summed E-state index contributed by atoms with van der Waals surface area (Å²) < 4.78 is 29.5.